The van der Waals surface area contributed by atoms with E-state index in [2.05, 4.69) is 0 Å². The van der Waals surface area contributed by atoms with Crippen LogP contribution in [-0.2, 0) is 14.9 Å². The molecule has 0 aliphatic carbocycles. The second-order valence-electron chi connectivity index (χ2n) is 6.52. The number of piperidine rings is 1. The van der Waals surface area contributed by atoms with Gasteiger partial charge in [-0.2, -0.15) is 17.0 Å². The van der Waals surface area contributed by atoms with Crippen LogP contribution in [0, 0.1) is 12.8 Å². The van der Waals surface area contributed by atoms with E-state index < -0.39 is 10.2 Å². The van der Waals surface area contributed by atoms with E-state index in [0.717, 1.165) is 37.2 Å². The summed E-state index contributed by atoms with van der Waals surface area (Å²) in [7, 11) is -1.72. The predicted molar refractivity (Wildman–Crippen MR) is 87.2 cm³/mol. The maximum Gasteiger partial charge on any atom is 0.282 e. The summed E-state index contributed by atoms with van der Waals surface area (Å²) < 4.78 is 40.2. The van der Waals surface area contributed by atoms with Gasteiger partial charge in [0.15, 0.2) is 0 Å². The van der Waals surface area contributed by atoms with E-state index in [1.807, 2.05) is 19.1 Å². The fourth-order valence-corrected chi connectivity index (χ4v) is 5.48. The van der Waals surface area contributed by atoms with Gasteiger partial charge in [0, 0.05) is 33.4 Å². The second kappa shape index (κ2) is 6.93. The number of nitrogens with zero attached hydrogens (tertiary/aromatic N) is 2. The maximum atomic E-state index is 13.0. The van der Waals surface area contributed by atoms with Crippen molar-refractivity contribution in [3.8, 4) is 0 Å². The highest BCUT2D eigenvalue weighted by atomic mass is 32.2. The van der Waals surface area contributed by atoms with Gasteiger partial charge in [0.1, 0.15) is 11.5 Å². The fourth-order valence-electron chi connectivity index (χ4n) is 3.62. The zero-order chi connectivity index (χ0) is 16.4. The molecule has 3 heterocycles. The molecule has 1 aromatic rings. The Hall–Kier alpha value is -0.890. The van der Waals surface area contributed by atoms with Crippen molar-refractivity contribution >= 4 is 10.2 Å². The van der Waals surface area contributed by atoms with Gasteiger partial charge in [-0.25, -0.2) is 0 Å². The first kappa shape index (κ1) is 17.0. The van der Waals surface area contributed by atoms with Gasteiger partial charge in [-0.3, -0.25) is 0 Å². The molecule has 0 N–H and O–H groups in total. The van der Waals surface area contributed by atoms with E-state index in [4.69, 9.17) is 9.15 Å². The monoisotopic (exact) mass is 342 g/mol. The van der Waals surface area contributed by atoms with Crippen LogP contribution in [-0.4, -0.2) is 50.4 Å². The van der Waals surface area contributed by atoms with E-state index in [1.165, 1.54) is 0 Å². The van der Waals surface area contributed by atoms with Crippen LogP contribution < -0.4 is 0 Å². The van der Waals surface area contributed by atoms with Crippen molar-refractivity contribution in [2.24, 2.45) is 5.92 Å². The molecule has 0 bridgehead atoms. The quantitative estimate of drug-likeness (QED) is 0.824. The number of methoxy groups -OCH3 is 1. The van der Waals surface area contributed by atoms with Crippen molar-refractivity contribution in [2.45, 2.75) is 38.6 Å². The minimum Gasteiger partial charge on any atom is -0.465 e. The van der Waals surface area contributed by atoms with Crippen molar-refractivity contribution in [3.05, 3.63) is 23.7 Å². The molecular formula is C16H26N2O4S. The Labute approximate surface area is 138 Å². The zero-order valence-electron chi connectivity index (χ0n) is 13.9. The van der Waals surface area contributed by atoms with E-state index in [9.17, 15) is 8.42 Å². The number of ether oxygens (including phenoxy) is 1. The molecule has 7 heteroatoms. The highest BCUT2D eigenvalue weighted by Gasteiger charge is 2.41. The third kappa shape index (κ3) is 3.47. The Morgan fingerprint density at radius 1 is 1.22 bits per heavy atom. The van der Waals surface area contributed by atoms with Gasteiger partial charge >= 0.3 is 0 Å². The van der Waals surface area contributed by atoms with Gasteiger partial charge in [-0.1, -0.05) is 0 Å². The first-order valence-corrected chi connectivity index (χ1v) is 9.74. The molecule has 2 fully saturated rings. The van der Waals surface area contributed by atoms with Crippen LogP contribution in [0.3, 0.4) is 0 Å². The molecular weight excluding hydrogens is 316 g/mol. The van der Waals surface area contributed by atoms with Crippen molar-refractivity contribution < 1.29 is 17.6 Å². The molecule has 0 saturated carbocycles. The van der Waals surface area contributed by atoms with Crippen LogP contribution in [0.25, 0.3) is 0 Å². The zero-order valence-corrected chi connectivity index (χ0v) is 14.7. The molecule has 1 aromatic heterocycles. The van der Waals surface area contributed by atoms with Crippen molar-refractivity contribution in [1.82, 2.24) is 8.61 Å². The topological polar surface area (TPSA) is 63.0 Å². The lowest BCUT2D eigenvalue weighted by molar-refractivity contribution is 0.119. The standard InChI is InChI=1S/C16H26N2O4S/c1-13-5-6-16(22-13)15-4-3-9-18(15)23(19,20)17-10-7-14(8-11-17)12-21-2/h5-6,14-15H,3-4,7-12H2,1-2H3. The number of aryl methyl sites for hydroxylation is 1. The molecule has 2 aliphatic rings. The maximum absolute atomic E-state index is 13.0. The largest absolute Gasteiger partial charge is 0.465 e. The van der Waals surface area contributed by atoms with E-state index in [-0.39, 0.29) is 6.04 Å². The lowest BCUT2D eigenvalue weighted by Gasteiger charge is -2.35. The number of furan rings is 1. The molecule has 1 atom stereocenters. The van der Waals surface area contributed by atoms with Gasteiger partial charge in [-0.05, 0) is 50.7 Å². The molecule has 0 amide bonds. The number of hydrogen-bond acceptors (Lipinski definition) is 4. The lowest BCUT2D eigenvalue weighted by Crippen LogP contribution is -2.47. The third-order valence-corrected chi connectivity index (χ3v) is 6.94. The summed E-state index contributed by atoms with van der Waals surface area (Å²) in [5, 5.41) is 0. The summed E-state index contributed by atoms with van der Waals surface area (Å²) in [5.74, 6) is 2.05. The molecule has 130 valence electrons. The highest BCUT2D eigenvalue weighted by Crippen LogP contribution is 2.36. The molecule has 23 heavy (non-hydrogen) atoms. The van der Waals surface area contributed by atoms with Gasteiger partial charge in [0.25, 0.3) is 10.2 Å². The molecule has 0 aromatic carbocycles. The summed E-state index contributed by atoms with van der Waals surface area (Å²) in [4.78, 5) is 0. The van der Waals surface area contributed by atoms with Crippen molar-refractivity contribution in [2.75, 3.05) is 33.4 Å². The van der Waals surface area contributed by atoms with Gasteiger partial charge in [0.2, 0.25) is 0 Å². The minimum absolute atomic E-state index is 0.162. The third-order valence-electron chi connectivity index (χ3n) is 4.89. The molecule has 0 radical (unpaired) electrons. The Morgan fingerprint density at radius 2 is 1.96 bits per heavy atom. The van der Waals surface area contributed by atoms with Crippen molar-refractivity contribution in [3.63, 3.8) is 0 Å². The molecule has 2 aliphatic heterocycles. The molecule has 6 nitrogen and oxygen atoms in total. The summed E-state index contributed by atoms with van der Waals surface area (Å²) in [5.41, 5.74) is 0. The lowest BCUT2D eigenvalue weighted by atomic mass is 9.99. The first-order valence-electron chi connectivity index (χ1n) is 8.34. The Kier molecular flexibility index (Phi) is 5.10. The Bertz CT molecular complexity index is 620. The highest BCUT2D eigenvalue weighted by molar-refractivity contribution is 7.86. The molecule has 0 spiro atoms. The minimum atomic E-state index is -3.42. The Balaban J connectivity index is 1.72. The van der Waals surface area contributed by atoms with Crippen LogP contribution in [0.2, 0.25) is 0 Å². The molecule has 3 rings (SSSR count). The number of rotatable bonds is 5. The fraction of sp³-hybridized carbons (Fsp3) is 0.750. The molecule has 1 unspecified atom stereocenters. The predicted octanol–water partition coefficient (Wildman–Crippen LogP) is 2.33. The van der Waals surface area contributed by atoms with Crippen LogP contribution in [0.15, 0.2) is 16.5 Å². The van der Waals surface area contributed by atoms with Crippen LogP contribution >= 0.6 is 0 Å². The summed E-state index contributed by atoms with van der Waals surface area (Å²) in [6.07, 6.45) is 3.44. The average Bonchev–Trinajstić information content (AvgIpc) is 3.17. The first-order chi connectivity index (χ1) is 11.0. The van der Waals surface area contributed by atoms with E-state index in [1.54, 1.807) is 15.7 Å². The molecule has 2 saturated heterocycles. The number of hydrogen-bond donors (Lipinski definition) is 0. The Morgan fingerprint density at radius 3 is 2.57 bits per heavy atom. The van der Waals surface area contributed by atoms with Gasteiger partial charge < -0.3 is 9.15 Å². The summed E-state index contributed by atoms with van der Waals surface area (Å²) in [6, 6.07) is 3.64. The van der Waals surface area contributed by atoms with Gasteiger partial charge in [-0.15, -0.1) is 0 Å². The average molecular weight is 342 g/mol. The SMILES string of the molecule is COCC1CCN(S(=O)(=O)N2CCCC2c2ccc(C)o2)CC1. The van der Waals surface area contributed by atoms with Crippen LogP contribution in [0.1, 0.15) is 43.2 Å². The van der Waals surface area contributed by atoms with Gasteiger partial charge in [0.05, 0.1) is 6.04 Å². The van der Waals surface area contributed by atoms with Crippen LogP contribution in [0.5, 0.6) is 0 Å². The summed E-state index contributed by atoms with van der Waals surface area (Å²) in [6.45, 7) is 4.34. The van der Waals surface area contributed by atoms with E-state index in [0.29, 0.717) is 32.2 Å². The normalized spacial score (nSPS) is 25.2. The smallest absolute Gasteiger partial charge is 0.282 e. The van der Waals surface area contributed by atoms with Crippen LogP contribution in [0.4, 0.5) is 0 Å². The summed E-state index contributed by atoms with van der Waals surface area (Å²) >= 11 is 0. The van der Waals surface area contributed by atoms with Crippen molar-refractivity contribution in [1.29, 1.82) is 0 Å². The van der Waals surface area contributed by atoms with E-state index >= 15 is 0 Å². The second-order valence-corrected chi connectivity index (χ2v) is 8.40.